The zero-order valence-corrected chi connectivity index (χ0v) is 13.9. The fourth-order valence-electron chi connectivity index (χ4n) is 2.38. The van der Waals surface area contributed by atoms with Crippen molar-refractivity contribution in [2.24, 2.45) is 0 Å². The van der Waals surface area contributed by atoms with Crippen molar-refractivity contribution in [3.63, 3.8) is 0 Å². The molecule has 0 aromatic heterocycles. The van der Waals surface area contributed by atoms with Crippen LogP contribution in [0.1, 0.15) is 18.4 Å². The predicted octanol–water partition coefficient (Wildman–Crippen LogP) is 1.63. The van der Waals surface area contributed by atoms with Gasteiger partial charge in [0.1, 0.15) is 11.9 Å². The van der Waals surface area contributed by atoms with Crippen molar-refractivity contribution in [3.05, 3.63) is 34.1 Å². The van der Waals surface area contributed by atoms with Crippen molar-refractivity contribution in [1.29, 1.82) is 0 Å². The Labute approximate surface area is 131 Å². The number of rotatable bonds is 4. The van der Waals surface area contributed by atoms with Crippen LogP contribution in [0, 0.1) is 5.82 Å². The molecule has 5 nitrogen and oxygen atoms in total. The molecule has 0 radical (unpaired) electrons. The van der Waals surface area contributed by atoms with Gasteiger partial charge in [0.05, 0.1) is 6.26 Å². The Balaban J connectivity index is 2.03. The molecule has 1 heterocycles. The molecule has 0 spiro atoms. The van der Waals surface area contributed by atoms with Crippen LogP contribution in [-0.2, 0) is 21.4 Å². The van der Waals surface area contributed by atoms with Crippen molar-refractivity contribution in [2.45, 2.75) is 25.4 Å². The molecular formula is C13H16BrFN2O3S. The maximum Gasteiger partial charge on any atom is 0.238 e. The van der Waals surface area contributed by atoms with Gasteiger partial charge in [-0.15, -0.1) is 0 Å². The Morgan fingerprint density at radius 2 is 2.24 bits per heavy atom. The van der Waals surface area contributed by atoms with E-state index in [1.54, 1.807) is 12.1 Å². The van der Waals surface area contributed by atoms with Crippen LogP contribution >= 0.6 is 15.9 Å². The molecule has 2 rings (SSSR count). The van der Waals surface area contributed by atoms with E-state index in [4.69, 9.17) is 0 Å². The number of nitrogens with one attached hydrogen (secondary N) is 1. The van der Waals surface area contributed by atoms with Crippen LogP contribution in [0.5, 0.6) is 0 Å². The molecule has 1 atom stereocenters. The van der Waals surface area contributed by atoms with Crippen molar-refractivity contribution >= 4 is 31.9 Å². The zero-order chi connectivity index (χ0) is 15.6. The van der Waals surface area contributed by atoms with E-state index in [0.717, 1.165) is 6.26 Å². The Hall–Kier alpha value is -0.990. The van der Waals surface area contributed by atoms with Gasteiger partial charge in [0.15, 0.2) is 0 Å². The summed E-state index contributed by atoms with van der Waals surface area (Å²) in [7, 11) is -3.40. The lowest BCUT2D eigenvalue weighted by atomic mass is 10.2. The number of nitrogens with zero attached hydrogens (tertiary/aromatic N) is 1. The number of hydrogen-bond acceptors (Lipinski definition) is 3. The molecule has 8 heteroatoms. The summed E-state index contributed by atoms with van der Waals surface area (Å²) in [6.07, 6.45) is 2.23. The molecule has 1 unspecified atom stereocenters. The average molecular weight is 379 g/mol. The number of carbonyl (C=O) groups excluding carboxylic acids is 1. The van der Waals surface area contributed by atoms with Crippen LogP contribution in [0.4, 0.5) is 4.39 Å². The normalized spacial score (nSPS) is 19.7. The van der Waals surface area contributed by atoms with Gasteiger partial charge in [-0.25, -0.2) is 12.8 Å². The molecule has 1 fully saturated rings. The van der Waals surface area contributed by atoms with E-state index >= 15 is 0 Å². The number of hydrogen-bond donors (Lipinski definition) is 1. The fourth-order valence-corrected chi connectivity index (χ4v) is 3.91. The average Bonchev–Trinajstić information content (AvgIpc) is 2.88. The molecule has 21 heavy (non-hydrogen) atoms. The first-order valence-electron chi connectivity index (χ1n) is 6.47. The maximum atomic E-state index is 13.6. The van der Waals surface area contributed by atoms with Gasteiger partial charge in [0.2, 0.25) is 15.9 Å². The summed E-state index contributed by atoms with van der Waals surface area (Å²) in [5.74, 6) is -0.804. The number of benzene rings is 1. The molecular weight excluding hydrogens is 363 g/mol. The molecule has 1 amide bonds. The van der Waals surface area contributed by atoms with Gasteiger partial charge in [-0.05, 0) is 31.0 Å². The zero-order valence-electron chi connectivity index (χ0n) is 11.5. The molecule has 0 bridgehead atoms. The number of amides is 1. The second kappa shape index (κ2) is 6.41. The third-order valence-electron chi connectivity index (χ3n) is 3.39. The minimum Gasteiger partial charge on any atom is -0.351 e. The third-order valence-corrected chi connectivity index (χ3v) is 5.18. The first kappa shape index (κ1) is 16.4. The third kappa shape index (κ3) is 4.02. The highest BCUT2D eigenvalue weighted by atomic mass is 79.9. The Kier molecular flexibility index (Phi) is 5.00. The maximum absolute atomic E-state index is 13.6. The van der Waals surface area contributed by atoms with E-state index in [0.29, 0.717) is 29.4 Å². The van der Waals surface area contributed by atoms with Crippen molar-refractivity contribution in [2.75, 3.05) is 12.8 Å². The largest absolute Gasteiger partial charge is 0.351 e. The minimum absolute atomic E-state index is 0.0260. The van der Waals surface area contributed by atoms with Crippen molar-refractivity contribution in [3.8, 4) is 0 Å². The quantitative estimate of drug-likeness (QED) is 0.865. The Bertz CT molecular complexity index is 651. The second-order valence-corrected chi connectivity index (χ2v) is 7.84. The van der Waals surface area contributed by atoms with E-state index in [9.17, 15) is 17.6 Å². The Morgan fingerprint density at radius 1 is 1.52 bits per heavy atom. The van der Waals surface area contributed by atoms with Crippen LogP contribution < -0.4 is 5.32 Å². The molecule has 1 aromatic carbocycles. The van der Waals surface area contributed by atoms with Gasteiger partial charge in [0.25, 0.3) is 0 Å². The van der Waals surface area contributed by atoms with Gasteiger partial charge >= 0.3 is 0 Å². The second-order valence-electron chi connectivity index (χ2n) is 4.99. The summed E-state index contributed by atoms with van der Waals surface area (Å²) in [6.45, 7) is 0.375. The lowest BCUT2D eigenvalue weighted by Gasteiger charge is -2.21. The number of sulfonamides is 1. The first-order chi connectivity index (χ1) is 9.79. The van der Waals surface area contributed by atoms with E-state index in [-0.39, 0.29) is 6.54 Å². The summed E-state index contributed by atoms with van der Waals surface area (Å²) in [6, 6.07) is 3.76. The predicted molar refractivity (Wildman–Crippen MR) is 80.5 cm³/mol. The summed E-state index contributed by atoms with van der Waals surface area (Å²) in [5, 5.41) is 2.61. The molecule has 0 aliphatic carbocycles. The molecule has 1 aliphatic heterocycles. The van der Waals surface area contributed by atoms with E-state index in [2.05, 4.69) is 21.2 Å². The number of halogens is 2. The van der Waals surface area contributed by atoms with Gasteiger partial charge in [0, 0.05) is 23.1 Å². The molecule has 0 saturated carbocycles. The first-order valence-corrected chi connectivity index (χ1v) is 9.11. The van der Waals surface area contributed by atoms with E-state index < -0.39 is 27.8 Å². The lowest BCUT2D eigenvalue weighted by Crippen LogP contribution is -2.45. The highest BCUT2D eigenvalue weighted by Crippen LogP contribution is 2.21. The minimum atomic E-state index is -3.40. The smallest absolute Gasteiger partial charge is 0.238 e. The lowest BCUT2D eigenvalue weighted by molar-refractivity contribution is -0.124. The highest BCUT2D eigenvalue weighted by molar-refractivity contribution is 9.10. The van der Waals surface area contributed by atoms with Crippen molar-refractivity contribution in [1.82, 2.24) is 9.62 Å². The fraction of sp³-hybridized carbons (Fsp3) is 0.462. The molecule has 1 aliphatic rings. The summed E-state index contributed by atoms with van der Waals surface area (Å²) < 4.78 is 38.7. The topological polar surface area (TPSA) is 66.5 Å². The van der Waals surface area contributed by atoms with Crippen LogP contribution in [0.2, 0.25) is 0 Å². The van der Waals surface area contributed by atoms with Crippen LogP contribution in [0.3, 0.4) is 0 Å². The van der Waals surface area contributed by atoms with E-state index in [1.165, 1.54) is 10.4 Å². The van der Waals surface area contributed by atoms with E-state index in [1.807, 2.05) is 0 Å². The summed E-state index contributed by atoms with van der Waals surface area (Å²) in [4.78, 5) is 12.1. The van der Waals surface area contributed by atoms with Gasteiger partial charge in [-0.3, -0.25) is 4.79 Å². The SMILES string of the molecule is CS(=O)(=O)N1CCCC1C(=O)NCc1cc(Br)ccc1F. The monoisotopic (exact) mass is 378 g/mol. The summed E-state index contributed by atoms with van der Waals surface area (Å²) >= 11 is 3.24. The summed E-state index contributed by atoms with van der Waals surface area (Å²) in [5.41, 5.74) is 0.349. The molecule has 116 valence electrons. The highest BCUT2D eigenvalue weighted by Gasteiger charge is 2.36. The standard InChI is InChI=1S/C13H16BrFN2O3S/c1-21(19,20)17-6-2-3-12(17)13(18)16-8-9-7-10(14)4-5-11(9)15/h4-5,7,12H,2-3,6,8H2,1H3,(H,16,18). The van der Waals surface area contributed by atoms with Gasteiger partial charge in [-0.2, -0.15) is 4.31 Å². The van der Waals surface area contributed by atoms with Crippen molar-refractivity contribution < 1.29 is 17.6 Å². The molecule has 1 N–H and O–H groups in total. The van der Waals surface area contributed by atoms with Crippen LogP contribution in [-0.4, -0.2) is 37.5 Å². The van der Waals surface area contributed by atoms with Gasteiger partial charge in [-0.1, -0.05) is 15.9 Å². The van der Waals surface area contributed by atoms with Crippen LogP contribution in [0.15, 0.2) is 22.7 Å². The van der Waals surface area contributed by atoms with Gasteiger partial charge < -0.3 is 5.32 Å². The molecule has 1 saturated heterocycles. The Morgan fingerprint density at radius 3 is 2.90 bits per heavy atom. The van der Waals surface area contributed by atoms with Crippen LogP contribution in [0.25, 0.3) is 0 Å². The number of carbonyl (C=O) groups is 1. The molecule has 1 aromatic rings.